The van der Waals surface area contributed by atoms with Gasteiger partial charge >= 0.3 is 18.0 Å². The summed E-state index contributed by atoms with van der Waals surface area (Å²) in [5.41, 5.74) is -0.0806. The molecule has 9 heteroatoms. The third kappa shape index (κ3) is 3.55. The van der Waals surface area contributed by atoms with Crippen molar-refractivity contribution in [1.82, 2.24) is 20.9 Å². The molecule has 0 saturated carbocycles. The minimum absolute atomic E-state index is 0.140. The zero-order valence-electron chi connectivity index (χ0n) is 15.9. The highest BCUT2D eigenvalue weighted by atomic mass is 16.5. The minimum atomic E-state index is -1.06. The predicted octanol–water partition coefficient (Wildman–Crippen LogP) is 1.19. The van der Waals surface area contributed by atoms with Gasteiger partial charge in [-0.15, -0.1) is 0 Å². The molecule has 0 aromatic heterocycles. The molecule has 0 aliphatic carbocycles. The number of rotatable bonds is 5. The molecule has 1 aromatic rings. The molecule has 2 aliphatic heterocycles. The summed E-state index contributed by atoms with van der Waals surface area (Å²) in [6.45, 7) is 4.73. The predicted molar refractivity (Wildman–Crippen MR) is 98.8 cm³/mol. The van der Waals surface area contributed by atoms with Crippen molar-refractivity contribution in [2.24, 2.45) is 0 Å². The first-order valence-electron chi connectivity index (χ1n) is 8.91. The molecule has 9 nitrogen and oxygen atoms in total. The standard InChI is InChI=1S/C19H22N4O5/c1-4-28-15(24)13-12(10-23-16(25)19(2,3)22-18(23)27)20-17(26)21-14(13)11-8-6-5-7-9-11/h5-9,14H,4,10H2,1-3H3,(H,22,27)(H2,20,21,26)/t14-/m0/s1. The molecular formula is C19H22N4O5. The highest BCUT2D eigenvalue weighted by molar-refractivity contribution is 6.07. The van der Waals surface area contributed by atoms with E-state index in [0.717, 1.165) is 4.90 Å². The van der Waals surface area contributed by atoms with E-state index in [4.69, 9.17) is 4.74 Å². The molecule has 148 valence electrons. The molecule has 0 radical (unpaired) electrons. The van der Waals surface area contributed by atoms with Crippen LogP contribution in [0.25, 0.3) is 0 Å². The molecular weight excluding hydrogens is 364 g/mol. The molecule has 3 N–H and O–H groups in total. The van der Waals surface area contributed by atoms with Crippen molar-refractivity contribution in [1.29, 1.82) is 0 Å². The van der Waals surface area contributed by atoms with E-state index < -0.39 is 35.5 Å². The van der Waals surface area contributed by atoms with Gasteiger partial charge in [-0.05, 0) is 26.3 Å². The minimum Gasteiger partial charge on any atom is -0.463 e. The lowest BCUT2D eigenvalue weighted by Crippen LogP contribution is -2.49. The molecule has 1 saturated heterocycles. The lowest BCUT2D eigenvalue weighted by molar-refractivity contribution is -0.139. The van der Waals surface area contributed by atoms with Crippen LogP contribution in [0.15, 0.2) is 41.6 Å². The van der Waals surface area contributed by atoms with Crippen LogP contribution < -0.4 is 16.0 Å². The number of nitrogens with one attached hydrogen (secondary N) is 3. The Balaban J connectivity index is 2.04. The Labute approximate surface area is 162 Å². The van der Waals surface area contributed by atoms with Crippen LogP contribution in [-0.2, 0) is 14.3 Å². The monoisotopic (exact) mass is 386 g/mol. The lowest BCUT2D eigenvalue weighted by Gasteiger charge is -2.30. The Bertz CT molecular complexity index is 862. The van der Waals surface area contributed by atoms with E-state index in [1.807, 2.05) is 6.07 Å². The molecule has 1 fully saturated rings. The number of amides is 5. The number of carbonyl (C=O) groups excluding carboxylic acids is 4. The van der Waals surface area contributed by atoms with Crippen LogP contribution in [0.2, 0.25) is 0 Å². The summed E-state index contributed by atoms with van der Waals surface area (Å²) >= 11 is 0. The molecule has 1 aromatic carbocycles. The maximum absolute atomic E-state index is 12.7. The van der Waals surface area contributed by atoms with Crippen molar-refractivity contribution in [3.63, 3.8) is 0 Å². The van der Waals surface area contributed by atoms with E-state index in [0.29, 0.717) is 5.56 Å². The quantitative estimate of drug-likeness (QED) is 0.519. The third-order valence-electron chi connectivity index (χ3n) is 4.54. The average Bonchev–Trinajstić information content (AvgIpc) is 2.83. The molecule has 28 heavy (non-hydrogen) atoms. The highest BCUT2D eigenvalue weighted by Crippen LogP contribution is 2.29. The summed E-state index contributed by atoms with van der Waals surface area (Å²) in [6, 6.07) is 7.03. The van der Waals surface area contributed by atoms with Crippen LogP contribution in [-0.4, -0.2) is 47.5 Å². The van der Waals surface area contributed by atoms with Gasteiger partial charge in [-0.3, -0.25) is 9.69 Å². The van der Waals surface area contributed by atoms with E-state index in [1.54, 1.807) is 45.0 Å². The maximum atomic E-state index is 12.7. The number of hydrogen-bond acceptors (Lipinski definition) is 5. The number of benzene rings is 1. The van der Waals surface area contributed by atoms with Gasteiger partial charge in [0.2, 0.25) is 0 Å². The third-order valence-corrected chi connectivity index (χ3v) is 4.54. The number of imide groups is 1. The number of nitrogens with zero attached hydrogens (tertiary/aromatic N) is 1. The van der Waals surface area contributed by atoms with E-state index in [2.05, 4.69) is 16.0 Å². The van der Waals surface area contributed by atoms with E-state index >= 15 is 0 Å². The van der Waals surface area contributed by atoms with Gasteiger partial charge in [0.25, 0.3) is 5.91 Å². The fourth-order valence-electron chi connectivity index (χ4n) is 3.21. The molecule has 0 unspecified atom stereocenters. The van der Waals surface area contributed by atoms with Crippen LogP contribution in [0.4, 0.5) is 9.59 Å². The fraction of sp³-hybridized carbons (Fsp3) is 0.368. The summed E-state index contributed by atoms with van der Waals surface area (Å²) in [4.78, 5) is 50.7. The first-order valence-corrected chi connectivity index (χ1v) is 8.91. The van der Waals surface area contributed by atoms with E-state index in [-0.39, 0.29) is 24.4 Å². The van der Waals surface area contributed by atoms with Gasteiger partial charge in [-0.2, -0.15) is 0 Å². The van der Waals surface area contributed by atoms with Crippen LogP contribution in [0.1, 0.15) is 32.4 Å². The number of esters is 1. The lowest BCUT2D eigenvalue weighted by atomic mass is 9.95. The van der Waals surface area contributed by atoms with Gasteiger partial charge in [0.05, 0.1) is 30.5 Å². The Kier molecular flexibility index (Phi) is 5.08. The van der Waals surface area contributed by atoms with Crippen molar-refractivity contribution >= 4 is 23.9 Å². The smallest absolute Gasteiger partial charge is 0.338 e. The summed E-state index contributed by atoms with van der Waals surface area (Å²) in [5, 5.41) is 7.83. The SMILES string of the molecule is CCOC(=O)C1=C(CN2C(=O)NC(C)(C)C2=O)NC(=O)N[C@H]1c1ccccc1. The summed E-state index contributed by atoms with van der Waals surface area (Å²) in [7, 11) is 0. The van der Waals surface area contributed by atoms with Crippen molar-refractivity contribution in [3.05, 3.63) is 47.2 Å². The second kappa shape index (κ2) is 7.34. The summed E-state index contributed by atoms with van der Waals surface area (Å²) < 4.78 is 5.17. The van der Waals surface area contributed by atoms with Crippen LogP contribution >= 0.6 is 0 Å². The van der Waals surface area contributed by atoms with E-state index in [1.165, 1.54) is 0 Å². The Morgan fingerprint density at radius 3 is 2.43 bits per heavy atom. The van der Waals surface area contributed by atoms with Gasteiger partial charge < -0.3 is 20.7 Å². The number of hydrogen-bond donors (Lipinski definition) is 3. The van der Waals surface area contributed by atoms with Crippen molar-refractivity contribution in [2.45, 2.75) is 32.4 Å². The van der Waals surface area contributed by atoms with Gasteiger partial charge in [-0.25, -0.2) is 14.4 Å². The first-order chi connectivity index (χ1) is 13.2. The second-order valence-corrected chi connectivity index (χ2v) is 7.00. The van der Waals surface area contributed by atoms with E-state index in [9.17, 15) is 19.2 Å². The zero-order valence-corrected chi connectivity index (χ0v) is 15.9. The Morgan fingerprint density at radius 1 is 1.18 bits per heavy atom. The fourth-order valence-corrected chi connectivity index (χ4v) is 3.21. The van der Waals surface area contributed by atoms with Crippen LogP contribution in [0, 0.1) is 0 Å². The number of urea groups is 2. The van der Waals surface area contributed by atoms with Crippen LogP contribution in [0.3, 0.4) is 0 Å². The van der Waals surface area contributed by atoms with Gasteiger partial charge in [0.15, 0.2) is 0 Å². The zero-order chi connectivity index (χ0) is 20.5. The van der Waals surface area contributed by atoms with Crippen molar-refractivity contribution < 1.29 is 23.9 Å². The summed E-state index contributed by atoms with van der Waals surface area (Å²) in [5.74, 6) is -1.08. The number of carbonyl (C=O) groups is 4. The molecule has 2 heterocycles. The molecule has 1 atom stereocenters. The molecule has 5 amide bonds. The topological polar surface area (TPSA) is 117 Å². The van der Waals surface area contributed by atoms with Gasteiger partial charge in [0, 0.05) is 0 Å². The largest absolute Gasteiger partial charge is 0.463 e. The summed E-state index contributed by atoms with van der Waals surface area (Å²) in [6.07, 6.45) is 0. The van der Waals surface area contributed by atoms with Crippen molar-refractivity contribution in [3.8, 4) is 0 Å². The number of ether oxygens (including phenoxy) is 1. The molecule has 0 bridgehead atoms. The maximum Gasteiger partial charge on any atom is 0.338 e. The molecule has 2 aliphatic rings. The normalized spacial score (nSPS) is 21.2. The van der Waals surface area contributed by atoms with Gasteiger partial charge in [-0.1, -0.05) is 30.3 Å². The second-order valence-electron chi connectivity index (χ2n) is 7.00. The van der Waals surface area contributed by atoms with Crippen LogP contribution in [0.5, 0.6) is 0 Å². The first kappa shape index (κ1) is 19.4. The molecule has 0 spiro atoms. The van der Waals surface area contributed by atoms with Crippen molar-refractivity contribution in [2.75, 3.05) is 13.2 Å². The molecule has 3 rings (SSSR count). The Morgan fingerprint density at radius 2 is 1.86 bits per heavy atom. The average molecular weight is 386 g/mol. The highest BCUT2D eigenvalue weighted by Gasteiger charge is 2.45. The Hall–Kier alpha value is -3.36. The van der Waals surface area contributed by atoms with Gasteiger partial charge in [0.1, 0.15) is 5.54 Å².